The number of amides is 3. The molecular weight excluding hydrogens is 416 g/mol. The Morgan fingerprint density at radius 3 is 1.88 bits per heavy atom. The molecule has 7 heteroatoms. The number of hydrogen-bond acceptors (Lipinski definition) is 4. The van der Waals surface area contributed by atoms with Crippen molar-refractivity contribution in [2.24, 2.45) is 0 Å². The molecular formula is C26H32N4O3. The van der Waals surface area contributed by atoms with Crippen LogP contribution in [0.15, 0.2) is 48.5 Å². The predicted octanol–water partition coefficient (Wildman–Crippen LogP) is 3.99. The predicted molar refractivity (Wildman–Crippen MR) is 130 cm³/mol. The largest absolute Gasteiger partial charge is 0.376 e. The summed E-state index contributed by atoms with van der Waals surface area (Å²) in [5.41, 5.74) is 2.65. The van der Waals surface area contributed by atoms with Gasteiger partial charge in [-0.3, -0.25) is 14.4 Å². The zero-order valence-electron chi connectivity index (χ0n) is 19.0. The highest BCUT2D eigenvalue weighted by Crippen LogP contribution is 2.17. The Bertz CT molecular complexity index is 975. The molecule has 2 saturated heterocycles. The molecule has 2 heterocycles. The average Bonchev–Trinajstić information content (AvgIpc) is 3.25. The Hall–Kier alpha value is -3.35. The fourth-order valence-corrected chi connectivity index (χ4v) is 4.40. The van der Waals surface area contributed by atoms with E-state index < -0.39 is 0 Å². The number of rotatable bonds is 6. The van der Waals surface area contributed by atoms with Gasteiger partial charge in [0.2, 0.25) is 5.91 Å². The van der Waals surface area contributed by atoms with Crippen LogP contribution in [0.3, 0.4) is 0 Å². The Morgan fingerprint density at radius 2 is 1.24 bits per heavy atom. The van der Waals surface area contributed by atoms with Crippen molar-refractivity contribution in [3.8, 4) is 0 Å². The standard InChI is InChI=1S/C26H32N4O3/c31-24(28-22-12-10-20(11-13-22)25(32)29-16-5-6-17-29)19-27-23-9-7-8-21(18-23)26(33)30-14-3-1-2-4-15-30/h7-13,18,27H,1-6,14-17,19H2,(H,28,31). The van der Waals surface area contributed by atoms with E-state index in [2.05, 4.69) is 10.6 Å². The summed E-state index contributed by atoms with van der Waals surface area (Å²) in [6, 6.07) is 14.3. The van der Waals surface area contributed by atoms with Gasteiger partial charge in [-0.05, 0) is 68.1 Å². The van der Waals surface area contributed by atoms with Gasteiger partial charge in [0, 0.05) is 48.7 Å². The Morgan fingerprint density at radius 1 is 0.667 bits per heavy atom. The van der Waals surface area contributed by atoms with Crippen molar-refractivity contribution in [3.05, 3.63) is 59.7 Å². The van der Waals surface area contributed by atoms with Gasteiger partial charge in [-0.1, -0.05) is 18.9 Å². The fraction of sp³-hybridized carbons (Fsp3) is 0.423. The maximum absolute atomic E-state index is 12.8. The van der Waals surface area contributed by atoms with Gasteiger partial charge in [0.05, 0.1) is 6.54 Å². The quantitative estimate of drug-likeness (QED) is 0.700. The first kappa shape index (κ1) is 22.8. The van der Waals surface area contributed by atoms with Crippen molar-refractivity contribution in [2.75, 3.05) is 43.4 Å². The van der Waals surface area contributed by atoms with Gasteiger partial charge in [0.1, 0.15) is 0 Å². The second-order valence-electron chi connectivity index (χ2n) is 8.77. The molecule has 0 bridgehead atoms. The molecule has 2 fully saturated rings. The van der Waals surface area contributed by atoms with Gasteiger partial charge >= 0.3 is 0 Å². The van der Waals surface area contributed by atoms with E-state index in [1.807, 2.05) is 28.0 Å². The minimum Gasteiger partial charge on any atom is -0.376 e. The number of hydrogen-bond donors (Lipinski definition) is 2. The van der Waals surface area contributed by atoms with Crippen LogP contribution in [0, 0.1) is 0 Å². The Balaban J connectivity index is 1.28. The zero-order valence-corrected chi connectivity index (χ0v) is 19.0. The molecule has 0 unspecified atom stereocenters. The normalized spacial score (nSPS) is 16.2. The molecule has 2 aromatic rings. The van der Waals surface area contributed by atoms with E-state index in [1.165, 1.54) is 12.8 Å². The minimum atomic E-state index is -0.196. The highest BCUT2D eigenvalue weighted by Gasteiger charge is 2.19. The third-order valence-corrected chi connectivity index (χ3v) is 6.26. The van der Waals surface area contributed by atoms with E-state index in [0.717, 1.165) is 57.5 Å². The Labute approximate surface area is 195 Å². The number of likely N-dealkylation sites (tertiary alicyclic amines) is 2. The van der Waals surface area contributed by atoms with Crippen molar-refractivity contribution < 1.29 is 14.4 Å². The van der Waals surface area contributed by atoms with Crippen LogP contribution in [0.1, 0.15) is 59.2 Å². The molecule has 0 aromatic heterocycles. The van der Waals surface area contributed by atoms with Gasteiger partial charge in [-0.25, -0.2) is 0 Å². The summed E-state index contributed by atoms with van der Waals surface area (Å²) >= 11 is 0. The lowest BCUT2D eigenvalue weighted by Crippen LogP contribution is -2.31. The van der Waals surface area contributed by atoms with Gasteiger partial charge in [-0.2, -0.15) is 0 Å². The van der Waals surface area contributed by atoms with Crippen molar-refractivity contribution in [1.29, 1.82) is 0 Å². The number of nitrogens with zero attached hydrogens (tertiary/aromatic N) is 2. The van der Waals surface area contributed by atoms with E-state index in [4.69, 9.17) is 0 Å². The van der Waals surface area contributed by atoms with Crippen molar-refractivity contribution in [2.45, 2.75) is 38.5 Å². The molecule has 0 atom stereocenters. The van der Waals surface area contributed by atoms with Crippen LogP contribution in [-0.4, -0.2) is 60.2 Å². The van der Waals surface area contributed by atoms with Crippen molar-refractivity contribution >= 4 is 29.1 Å². The lowest BCUT2D eigenvalue weighted by atomic mass is 10.1. The summed E-state index contributed by atoms with van der Waals surface area (Å²) in [7, 11) is 0. The van der Waals surface area contributed by atoms with Crippen LogP contribution in [-0.2, 0) is 4.79 Å². The number of anilines is 2. The van der Waals surface area contributed by atoms with Crippen LogP contribution in [0.4, 0.5) is 11.4 Å². The molecule has 2 aliphatic heterocycles. The van der Waals surface area contributed by atoms with Crippen molar-refractivity contribution in [3.63, 3.8) is 0 Å². The molecule has 174 valence electrons. The second kappa shape index (κ2) is 11.0. The highest BCUT2D eigenvalue weighted by atomic mass is 16.2. The van der Waals surface area contributed by atoms with Crippen LogP contribution < -0.4 is 10.6 Å². The highest BCUT2D eigenvalue weighted by molar-refractivity contribution is 5.97. The number of benzene rings is 2. The fourth-order valence-electron chi connectivity index (χ4n) is 4.40. The number of carbonyl (C=O) groups is 3. The zero-order chi connectivity index (χ0) is 23.0. The summed E-state index contributed by atoms with van der Waals surface area (Å²) in [4.78, 5) is 41.5. The van der Waals surface area contributed by atoms with E-state index in [1.54, 1.807) is 30.3 Å². The van der Waals surface area contributed by atoms with Crippen molar-refractivity contribution in [1.82, 2.24) is 9.80 Å². The topological polar surface area (TPSA) is 81.8 Å². The van der Waals surface area contributed by atoms with E-state index in [0.29, 0.717) is 16.8 Å². The molecule has 0 radical (unpaired) electrons. The van der Waals surface area contributed by atoms with E-state index in [9.17, 15) is 14.4 Å². The monoisotopic (exact) mass is 448 g/mol. The maximum atomic E-state index is 12.8. The van der Waals surface area contributed by atoms with E-state index in [-0.39, 0.29) is 24.3 Å². The van der Waals surface area contributed by atoms with Gasteiger partial charge in [0.15, 0.2) is 0 Å². The number of nitrogens with one attached hydrogen (secondary N) is 2. The smallest absolute Gasteiger partial charge is 0.253 e. The van der Waals surface area contributed by atoms with E-state index >= 15 is 0 Å². The summed E-state index contributed by atoms with van der Waals surface area (Å²) in [6.07, 6.45) is 6.58. The van der Waals surface area contributed by atoms with Crippen LogP contribution in [0.2, 0.25) is 0 Å². The summed E-state index contributed by atoms with van der Waals surface area (Å²) < 4.78 is 0. The lowest BCUT2D eigenvalue weighted by molar-refractivity contribution is -0.114. The van der Waals surface area contributed by atoms with Gasteiger partial charge in [0.25, 0.3) is 11.8 Å². The first-order valence-corrected chi connectivity index (χ1v) is 11.9. The second-order valence-corrected chi connectivity index (χ2v) is 8.77. The first-order valence-electron chi connectivity index (χ1n) is 11.9. The molecule has 0 aliphatic carbocycles. The molecule has 7 nitrogen and oxygen atoms in total. The molecule has 2 N–H and O–H groups in total. The van der Waals surface area contributed by atoms with Gasteiger partial charge in [-0.15, -0.1) is 0 Å². The summed E-state index contributed by atoms with van der Waals surface area (Å²) in [5, 5.41) is 5.94. The SMILES string of the molecule is O=C(CNc1cccc(C(=O)N2CCCCCC2)c1)Nc1ccc(C(=O)N2CCCC2)cc1. The summed E-state index contributed by atoms with van der Waals surface area (Å²) in [5.74, 6) is -0.104. The van der Waals surface area contributed by atoms with Crippen LogP contribution in [0.5, 0.6) is 0 Å². The third-order valence-electron chi connectivity index (χ3n) is 6.26. The molecule has 2 aromatic carbocycles. The summed E-state index contributed by atoms with van der Waals surface area (Å²) in [6.45, 7) is 3.32. The lowest BCUT2D eigenvalue weighted by Gasteiger charge is -2.20. The molecule has 4 rings (SSSR count). The van der Waals surface area contributed by atoms with Gasteiger partial charge < -0.3 is 20.4 Å². The molecule has 2 aliphatic rings. The number of carbonyl (C=O) groups excluding carboxylic acids is 3. The molecule has 3 amide bonds. The minimum absolute atomic E-state index is 0.0432. The van der Waals surface area contributed by atoms with Crippen LogP contribution >= 0.6 is 0 Å². The Kier molecular flexibility index (Phi) is 7.60. The maximum Gasteiger partial charge on any atom is 0.253 e. The molecule has 33 heavy (non-hydrogen) atoms. The van der Waals surface area contributed by atoms with Crippen LogP contribution in [0.25, 0.3) is 0 Å². The molecule has 0 spiro atoms. The third kappa shape index (κ3) is 6.12. The average molecular weight is 449 g/mol. The molecule has 0 saturated carbocycles. The first-order chi connectivity index (χ1) is 16.1.